The Morgan fingerprint density at radius 2 is 0.598 bits per heavy atom. The van der Waals surface area contributed by atoms with Crippen molar-refractivity contribution in [1.82, 2.24) is 4.57 Å². The van der Waals surface area contributed by atoms with Gasteiger partial charge in [0.05, 0.1) is 33.8 Å². The normalized spacial score (nSPS) is 13.8. The van der Waals surface area contributed by atoms with Crippen molar-refractivity contribution in [2.75, 3.05) is 14.7 Å². The van der Waals surface area contributed by atoms with Gasteiger partial charge in [-0.05, 0) is 183 Å². The second kappa shape index (κ2) is 19.3. The quantitative estimate of drug-likeness (QED) is 0.143. The first-order valence-corrected chi connectivity index (χ1v) is 28.6. The highest BCUT2D eigenvalue weighted by Crippen LogP contribution is 2.55. The van der Waals surface area contributed by atoms with Crippen molar-refractivity contribution in [2.45, 2.75) is 38.5 Å². The second-order valence-electron chi connectivity index (χ2n) is 23.0. The Kier molecular flexibility index (Phi) is 11.5. The largest absolute Gasteiger partial charge is 0.310 e. The predicted molar refractivity (Wildman–Crippen MR) is 345 cm³/mol. The highest BCUT2D eigenvalue weighted by molar-refractivity contribution is 6.12. The van der Waals surface area contributed by atoms with E-state index < -0.39 is 0 Å². The van der Waals surface area contributed by atoms with Crippen LogP contribution in [-0.2, 0) is 10.8 Å². The van der Waals surface area contributed by atoms with Gasteiger partial charge in [0.25, 0.3) is 0 Å². The minimum Gasteiger partial charge on any atom is -0.310 e. The Morgan fingerprint density at radius 1 is 0.256 bits per heavy atom. The van der Waals surface area contributed by atoms with Gasteiger partial charge < -0.3 is 19.3 Å². The Bertz CT molecular complexity index is 4540. The molecule has 2 aliphatic heterocycles. The number of hydrogen-bond donors (Lipinski definition) is 0. The van der Waals surface area contributed by atoms with E-state index in [1.54, 1.807) is 0 Å². The molecule has 0 bridgehead atoms. The maximum atomic E-state index is 2.44. The topological polar surface area (TPSA) is 14.7 Å². The van der Waals surface area contributed by atoms with E-state index in [0.717, 1.165) is 39.7 Å². The molecule has 0 atom stereocenters. The average molecular weight is 1050 g/mol. The highest BCUT2D eigenvalue weighted by Gasteiger charge is 2.39. The monoisotopic (exact) mass is 1050 g/mol. The van der Waals surface area contributed by atoms with Gasteiger partial charge in [-0.25, -0.2) is 0 Å². The molecule has 4 nitrogen and oxygen atoms in total. The van der Waals surface area contributed by atoms with Crippen LogP contribution in [0.1, 0.15) is 49.9 Å². The van der Waals surface area contributed by atoms with Crippen molar-refractivity contribution in [2.24, 2.45) is 0 Å². The first-order chi connectivity index (χ1) is 40.2. The molecule has 3 heterocycles. The van der Waals surface area contributed by atoms with E-state index in [-0.39, 0.29) is 10.8 Å². The molecule has 0 N–H and O–H groups in total. The number of nitrogens with zero attached hydrogens (tertiary/aromatic N) is 4. The summed E-state index contributed by atoms with van der Waals surface area (Å²) in [5.74, 6) is 0. The molecule has 0 fully saturated rings. The lowest BCUT2D eigenvalue weighted by molar-refractivity contribution is 0.632. The molecular formula is C78H60N4. The predicted octanol–water partition coefficient (Wildman–Crippen LogP) is 21.5. The fourth-order valence-corrected chi connectivity index (χ4v) is 13.3. The number of rotatable bonds is 9. The highest BCUT2D eigenvalue weighted by atomic mass is 15.2. The third kappa shape index (κ3) is 7.97. The summed E-state index contributed by atoms with van der Waals surface area (Å²) in [6.45, 7) is 9.48. The molecule has 82 heavy (non-hydrogen) atoms. The molecule has 0 unspecified atom stereocenters. The van der Waals surface area contributed by atoms with Crippen LogP contribution in [0.4, 0.5) is 51.2 Å². The molecule has 13 aromatic rings. The molecule has 0 amide bonds. The van der Waals surface area contributed by atoms with Crippen molar-refractivity contribution in [3.63, 3.8) is 0 Å². The Morgan fingerprint density at radius 3 is 1.11 bits per heavy atom. The van der Waals surface area contributed by atoms with Crippen molar-refractivity contribution in [3.8, 4) is 39.1 Å². The van der Waals surface area contributed by atoms with Crippen LogP contribution >= 0.6 is 0 Å². The number of hydrogen-bond acceptors (Lipinski definition) is 3. The van der Waals surface area contributed by atoms with E-state index >= 15 is 0 Å². The zero-order valence-electron chi connectivity index (χ0n) is 46.5. The Balaban J connectivity index is 0.840. The Hall–Kier alpha value is -10.2. The van der Waals surface area contributed by atoms with Gasteiger partial charge in [-0.15, -0.1) is 0 Å². The van der Waals surface area contributed by atoms with Gasteiger partial charge in [0.1, 0.15) is 0 Å². The lowest BCUT2D eigenvalue weighted by Crippen LogP contribution is -2.30. The summed E-state index contributed by atoms with van der Waals surface area (Å²) in [7, 11) is 0. The molecule has 12 aromatic carbocycles. The molecule has 0 saturated carbocycles. The first-order valence-electron chi connectivity index (χ1n) is 28.6. The van der Waals surface area contributed by atoms with Crippen LogP contribution in [0.2, 0.25) is 0 Å². The van der Waals surface area contributed by atoms with Crippen LogP contribution in [0.3, 0.4) is 0 Å². The van der Waals surface area contributed by atoms with E-state index in [9.17, 15) is 0 Å². The summed E-state index contributed by atoms with van der Waals surface area (Å²) in [5.41, 5.74) is 25.8. The summed E-state index contributed by atoms with van der Waals surface area (Å²) in [6, 6.07) is 107. The molecule has 2 aliphatic rings. The maximum absolute atomic E-state index is 2.44. The maximum Gasteiger partial charge on any atom is 0.0541 e. The van der Waals surface area contributed by atoms with Crippen LogP contribution in [0.25, 0.3) is 60.9 Å². The van der Waals surface area contributed by atoms with E-state index in [2.05, 4.69) is 338 Å². The van der Waals surface area contributed by atoms with Crippen molar-refractivity contribution in [1.29, 1.82) is 0 Å². The number of para-hydroxylation sites is 5. The molecule has 392 valence electrons. The number of aromatic nitrogens is 1. The van der Waals surface area contributed by atoms with Crippen molar-refractivity contribution in [3.05, 3.63) is 313 Å². The van der Waals surface area contributed by atoms with Crippen LogP contribution in [0, 0.1) is 0 Å². The number of benzene rings is 12. The Labute approximate surface area is 480 Å². The molecule has 0 saturated heterocycles. The van der Waals surface area contributed by atoms with Gasteiger partial charge in [-0.1, -0.05) is 191 Å². The van der Waals surface area contributed by atoms with Crippen LogP contribution in [0.5, 0.6) is 0 Å². The third-order valence-electron chi connectivity index (χ3n) is 17.5. The van der Waals surface area contributed by atoms with Crippen LogP contribution in [-0.4, -0.2) is 4.57 Å². The minimum absolute atomic E-state index is 0.218. The zero-order chi connectivity index (χ0) is 55.1. The van der Waals surface area contributed by atoms with Crippen molar-refractivity contribution >= 4 is 73.0 Å². The molecular weight excluding hydrogens is 993 g/mol. The van der Waals surface area contributed by atoms with Gasteiger partial charge in [0, 0.05) is 55.7 Å². The summed E-state index contributed by atoms with van der Waals surface area (Å²) in [4.78, 5) is 7.27. The lowest BCUT2D eigenvalue weighted by atomic mass is 9.73. The van der Waals surface area contributed by atoms with E-state index in [4.69, 9.17) is 0 Å². The molecule has 15 rings (SSSR count). The van der Waals surface area contributed by atoms with Gasteiger partial charge in [-0.2, -0.15) is 0 Å². The summed E-state index contributed by atoms with van der Waals surface area (Å²) >= 11 is 0. The van der Waals surface area contributed by atoms with Gasteiger partial charge in [-0.3, -0.25) is 0 Å². The van der Waals surface area contributed by atoms with Crippen LogP contribution in [0.15, 0.2) is 291 Å². The molecule has 0 radical (unpaired) electrons. The zero-order valence-corrected chi connectivity index (χ0v) is 46.5. The first kappa shape index (κ1) is 48.9. The third-order valence-corrected chi connectivity index (χ3v) is 17.5. The van der Waals surface area contributed by atoms with Gasteiger partial charge >= 0.3 is 0 Å². The van der Waals surface area contributed by atoms with E-state index in [1.165, 1.54) is 94.6 Å². The smallest absolute Gasteiger partial charge is 0.0541 e. The van der Waals surface area contributed by atoms with Gasteiger partial charge in [0.15, 0.2) is 0 Å². The fraction of sp³-hybridized carbons (Fsp3) is 0.0769. The molecule has 4 heteroatoms. The SMILES string of the molecule is CC1(C)c2ccccc2N(c2ccccc2)c2ccc(-c3ccc4c(c3)c3cc(-c5ccc(N(c6ccc(-c7ccccc7)cc6)c6ccc7c(c6)C(C)(C)c6ccccc6N7c6ccccc6)cc5)ccc3n4-c3ccccc3)cc21. The number of anilines is 9. The molecule has 0 spiro atoms. The summed E-state index contributed by atoms with van der Waals surface area (Å²) in [6.07, 6.45) is 0. The van der Waals surface area contributed by atoms with E-state index in [0.29, 0.717) is 0 Å². The molecule has 0 aliphatic carbocycles. The second-order valence-corrected chi connectivity index (χ2v) is 23.0. The lowest BCUT2D eigenvalue weighted by Gasteiger charge is -2.42. The van der Waals surface area contributed by atoms with Gasteiger partial charge in [0.2, 0.25) is 0 Å². The standard InChI is InChI=1S/C78H60N4/c1-77(2)67-29-17-19-31-73(67)81(60-25-13-7-14-26-60)75-47-39-58(51-69(75)77)57-38-46-72-66(50-57)65-49-56(37-45-71(65)80(72)59-23-11-6-12-24-59)55-35-42-63(43-36-55)79(62-40-33-54(34-41-62)53-21-9-5-10-22-53)64-44-48-76-70(52-64)78(3,4)68-30-18-20-32-74(68)82(76)61-27-15-8-16-28-61/h5-52H,1-4H3. The fourth-order valence-electron chi connectivity index (χ4n) is 13.3. The van der Waals surface area contributed by atoms with E-state index in [1.807, 2.05) is 0 Å². The van der Waals surface area contributed by atoms with Crippen LogP contribution < -0.4 is 14.7 Å². The summed E-state index contributed by atoms with van der Waals surface area (Å²) in [5, 5.41) is 2.43. The minimum atomic E-state index is -0.266. The number of fused-ring (bicyclic) bond motifs is 7. The average Bonchev–Trinajstić information content (AvgIpc) is 3.63. The van der Waals surface area contributed by atoms with Crippen molar-refractivity contribution < 1.29 is 0 Å². The molecule has 1 aromatic heterocycles. The summed E-state index contributed by atoms with van der Waals surface area (Å²) < 4.78 is 2.42.